The topological polar surface area (TPSA) is 69.3 Å². The van der Waals surface area contributed by atoms with E-state index in [9.17, 15) is 0 Å². The summed E-state index contributed by atoms with van der Waals surface area (Å²) in [4.78, 5) is 0. The van der Waals surface area contributed by atoms with Crippen molar-refractivity contribution in [3.05, 3.63) is 0 Å². The van der Waals surface area contributed by atoms with Gasteiger partial charge in [-0.1, -0.05) is 0 Å². The Bertz CT molecular complexity index is 269. The number of rotatable bonds is 6. The molecule has 0 unspecified atom stereocenters. The fourth-order valence-corrected chi connectivity index (χ4v) is 4.06. The molecule has 0 radical (unpaired) electrons. The maximum atomic E-state index is 8.95. The van der Waals surface area contributed by atoms with Gasteiger partial charge in [0.05, 0.1) is 0 Å². The molecule has 0 N–H and O–H groups in total. The van der Waals surface area contributed by atoms with E-state index in [0.717, 1.165) is 4.67 Å². The Hall–Kier alpha value is -0.870. The van der Waals surface area contributed by atoms with Crippen molar-refractivity contribution in [2.75, 3.05) is 6.16 Å². The average Bonchev–Trinajstić information content (AvgIpc) is 2.17. The van der Waals surface area contributed by atoms with Crippen molar-refractivity contribution in [2.45, 2.75) is 46.8 Å². The molecule has 0 atom stereocenters. The summed E-state index contributed by atoms with van der Waals surface area (Å²) < 4.78 is 12.5. The Morgan fingerprint density at radius 1 is 1.06 bits per heavy atom. The Labute approximate surface area is 98.1 Å². The number of nitrogens with zero attached hydrogens (tertiary/aromatic N) is 3. The Morgan fingerprint density at radius 3 is 1.62 bits per heavy atom. The molecule has 16 heavy (non-hydrogen) atoms. The van der Waals surface area contributed by atoms with Crippen molar-refractivity contribution in [3.63, 3.8) is 0 Å². The molecule has 0 rings (SSSR count). The zero-order valence-electron chi connectivity index (χ0n) is 10.5. The van der Waals surface area contributed by atoms with Crippen LogP contribution < -0.4 is 0 Å². The first-order valence-electron chi connectivity index (χ1n) is 5.37. The van der Waals surface area contributed by atoms with E-state index in [1.165, 1.54) is 0 Å². The van der Waals surface area contributed by atoms with Crippen LogP contribution in [0.1, 0.15) is 34.6 Å². The molecule has 0 amide bonds. The minimum atomic E-state index is -2.91. The quantitative estimate of drug-likeness (QED) is 0.408. The van der Waals surface area contributed by atoms with Crippen LogP contribution in [-0.2, 0) is 9.05 Å². The summed E-state index contributed by atoms with van der Waals surface area (Å²) in [6.45, 7) is 9.35. The predicted octanol–water partition coefficient (Wildman–Crippen LogP) is 2.62. The van der Waals surface area contributed by atoms with Gasteiger partial charge in [0, 0.05) is 0 Å². The van der Waals surface area contributed by atoms with Crippen LogP contribution in [0.25, 0.3) is 0 Å². The third-order valence-corrected chi connectivity index (χ3v) is 5.28. The molecule has 0 saturated carbocycles. The monoisotopic (exact) mass is 245 g/mol. The summed E-state index contributed by atoms with van der Waals surface area (Å²) in [6.07, 6.45) is 4.06. The van der Waals surface area contributed by atoms with Gasteiger partial charge in [0.2, 0.25) is 0 Å². The molecule has 0 saturated heterocycles. The molecule has 5 nitrogen and oxygen atoms in total. The van der Waals surface area contributed by atoms with Crippen molar-refractivity contribution >= 4 is 7.87 Å². The summed E-state index contributed by atoms with van der Waals surface area (Å²) in [5.41, 5.74) is 0. The molecule has 0 aliphatic rings. The van der Waals surface area contributed by atoms with Crippen molar-refractivity contribution in [2.24, 2.45) is 0 Å². The van der Waals surface area contributed by atoms with E-state index in [1.807, 2.05) is 47.0 Å². The van der Waals surface area contributed by atoms with E-state index in [0.29, 0.717) is 6.16 Å². The summed E-state index contributed by atoms with van der Waals surface area (Å²) >= 11 is 0. The Kier molecular flexibility index (Phi) is 6.29. The number of nitriles is 2. The van der Waals surface area contributed by atoms with Gasteiger partial charge in [-0.2, -0.15) is 0 Å². The molecule has 0 aliphatic carbocycles. The second kappa shape index (κ2) is 6.66. The second-order valence-corrected chi connectivity index (χ2v) is 6.99. The second-order valence-electron chi connectivity index (χ2n) is 3.93. The summed E-state index contributed by atoms with van der Waals surface area (Å²) in [6, 6.07) is 0. The molecular formula is C10H20N3O2P. The van der Waals surface area contributed by atoms with Gasteiger partial charge < -0.3 is 0 Å². The molecule has 0 aromatic heterocycles. The van der Waals surface area contributed by atoms with Gasteiger partial charge in [0.15, 0.2) is 0 Å². The van der Waals surface area contributed by atoms with Gasteiger partial charge in [0.1, 0.15) is 0 Å². The molecule has 0 aromatic rings. The summed E-state index contributed by atoms with van der Waals surface area (Å²) in [7, 11) is -2.91. The van der Waals surface area contributed by atoms with E-state index < -0.39 is 7.87 Å². The molecule has 0 bridgehead atoms. The molecule has 92 valence electrons. The fraction of sp³-hybridized carbons (Fsp3) is 0.800. The SMILES string of the molecule is CC[PH](OC(C)C)(OC(C)C)N(C#N)C#N. The van der Waals surface area contributed by atoms with Crippen LogP contribution in [0, 0.1) is 22.9 Å². The van der Waals surface area contributed by atoms with Crippen LogP contribution in [0.15, 0.2) is 0 Å². The van der Waals surface area contributed by atoms with Gasteiger partial charge in [-0.05, 0) is 0 Å². The van der Waals surface area contributed by atoms with Gasteiger partial charge in [-0.3, -0.25) is 0 Å². The van der Waals surface area contributed by atoms with Gasteiger partial charge in [-0.15, -0.1) is 0 Å². The van der Waals surface area contributed by atoms with Gasteiger partial charge in [0.25, 0.3) is 0 Å². The van der Waals surface area contributed by atoms with E-state index in [-0.39, 0.29) is 12.2 Å². The van der Waals surface area contributed by atoms with Crippen LogP contribution in [0.4, 0.5) is 0 Å². The Morgan fingerprint density at radius 2 is 1.44 bits per heavy atom. The van der Waals surface area contributed by atoms with Crippen LogP contribution in [0.5, 0.6) is 0 Å². The molecule has 0 heterocycles. The standard InChI is InChI=1S/C10H20N3O2P/c1-6-16(14-9(2)3,15-10(4)5)13(7-11)8-12/h9-10,16H,6H2,1-5H3. The van der Waals surface area contributed by atoms with Crippen molar-refractivity contribution in [1.82, 2.24) is 4.67 Å². The van der Waals surface area contributed by atoms with Crippen LogP contribution in [0.3, 0.4) is 0 Å². The van der Waals surface area contributed by atoms with E-state index in [4.69, 9.17) is 19.6 Å². The van der Waals surface area contributed by atoms with Crippen molar-refractivity contribution in [1.29, 1.82) is 10.5 Å². The van der Waals surface area contributed by atoms with Gasteiger partial charge in [-0.25, -0.2) is 0 Å². The first-order chi connectivity index (χ1) is 7.41. The first kappa shape index (κ1) is 15.1. The average molecular weight is 245 g/mol. The van der Waals surface area contributed by atoms with Crippen molar-refractivity contribution < 1.29 is 9.05 Å². The Balaban J connectivity index is 5.12. The van der Waals surface area contributed by atoms with E-state index >= 15 is 0 Å². The van der Waals surface area contributed by atoms with Crippen molar-refractivity contribution in [3.8, 4) is 12.4 Å². The predicted molar refractivity (Wildman–Crippen MR) is 64.4 cm³/mol. The number of hydrogen-bond acceptors (Lipinski definition) is 5. The first-order valence-corrected chi connectivity index (χ1v) is 7.34. The van der Waals surface area contributed by atoms with E-state index in [1.54, 1.807) is 0 Å². The zero-order valence-corrected chi connectivity index (χ0v) is 11.5. The van der Waals surface area contributed by atoms with Crippen LogP contribution >= 0.6 is 7.87 Å². The molecule has 6 heteroatoms. The van der Waals surface area contributed by atoms with Crippen LogP contribution in [-0.4, -0.2) is 23.0 Å². The summed E-state index contributed by atoms with van der Waals surface area (Å²) in [5, 5.41) is 17.9. The maximum absolute atomic E-state index is 8.95. The zero-order chi connectivity index (χ0) is 12.8. The third kappa shape index (κ3) is 3.94. The molecule has 0 spiro atoms. The van der Waals surface area contributed by atoms with E-state index in [2.05, 4.69) is 0 Å². The molecular weight excluding hydrogens is 225 g/mol. The normalized spacial score (nSPS) is 12.3. The fourth-order valence-electron chi connectivity index (χ4n) is 1.37. The van der Waals surface area contributed by atoms with Crippen LogP contribution in [0.2, 0.25) is 0 Å². The van der Waals surface area contributed by atoms with Gasteiger partial charge >= 0.3 is 97.5 Å². The third-order valence-electron chi connectivity index (χ3n) is 1.83. The molecule has 0 aliphatic heterocycles. The minimum absolute atomic E-state index is 0.0745. The molecule has 0 fully saturated rings. The number of hydrogen-bond donors (Lipinski definition) is 0. The molecule has 0 aromatic carbocycles. The summed E-state index contributed by atoms with van der Waals surface area (Å²) in [5.74, 6) is 0.